The SMILES string of the molecule is Cc1ccccc1/C(O)=C1/C(=O)CN(Cc2ccccc2)C1=O. The zero-order valence-electron chi connectivity index (χ0n) is 12.8. The van der Waals surface area contributed by atoms with Crippen LogP contribution in [0, 0.1) is 6.92 Å². The third kappa shape index (κ3) is 2.88. The molecule has 1 aliphatic heterocycles. The predicted octanol–water partition coefficient (Wildman–Crippen LogP) is 2.88. The van der Waals surface area contributed by atoms with Crippen LogP contribution >= 0.6 is 0 Å². The van der Waals surface area contributed by atoms with Gasteiger partial charge in [-0.25, -0.2) is 0 Å². The van der Waals surface area contributed by atoms with Crippen LogP contribution < -0.4 is 0 Å². The van der Waals surface area contributed by atoms with Gasteiger partial charge in [-0.2, -0.15) is 0 Å². The minimum Gasteiger partial charge on any atom is -0.506 e. The van der Waals surface area contributed by atoms with Gasteiger partial charge >= 0.3 is 0 Å². The molecule has 3 rings (SSSR count). The average molecular weight is 307 g/mol. The summed E-state index contributed by atoms with van der Waals surface area (Å²) in [6.07, 6.45) is 0. The molecule has 2 aromatic rings. The van der Waals surface area contributed by atoms with Gasteiger partial charge in [0.25, 0.3) is 5.91 Å². The van der Waals surface area contributed by atoms with Crippen molar-refractivity contribution >= 4 is 17.4 Å². The maximum Gasteiger partial charge on any atom is 0.262 e. The van der Waals surface area contributed by atoms with Gasteiger partial charge in [0, 0.05) is 12.1 Å². The first-order valence-corrected chi connectivity index (χ1v) is 7.43. The molecule has 0 spiro atoms. The molecule has 0 saturated carbocycles. The second-order valence-corrected chi connectivity index (χ2v) is 5.61. The number of Topliss-reactive ketones (excluding diaryl/α,β-unsaturated/α-hetero) is 1. The Morgan fingerprint density at radius 1 is 1.04 bits per heavy atom. The Kier molecular flexibility index (Phi) is 3.98. The maximum atomic E-state index is 12.5. The van der Waals surface area contributed by atoms with E-state index in [1.165, 1.54) is 4.90 Å². The summed E-state index contributed by atoms with van der Waals surface area (Å²) >= 11 is 0. The monoisotopic (exact) mass is 307 g/mol. The molecule has 0 bridgehead atoms. The number of amides is 1. The van der Waals surface area contributed by atoms with Gasteiger partial charge in [0.05, 0.1) is 6.54 Å². The van der Waals surface area contributed by atoms with Crippen LogP contribution in [0.5, 0.6) is 0 Å². The highest BCUT2D eigenvalue weighted by atomic mass is 16.3. The van der Waals surface area contributed by atoms with E-state index >= 15 is 0 Å². The van der Waals surface area contributed by atoms with E-state index in [0.29, 0.717) is 12.1 Å². The molecule has 1 N–H and O–H groups in total. The summed E-state index contributed by atoms with van der Waals surface area (Å²) in [6, 6.07) is 16.6. The van der Waals surface area contributed by atoms with Crippen LogP contribution in [0.15, 0.2) is 60.2 Å². The van der Waals surface area contributed by atoms with Gasteiger partial charge in [-0.3, -0.25) is 9.59 Å². The zero-order chi connectivity index (χ0) is 16.4. The molecule has 0 atom stereocenters. The molecule has 1 amide bonds. The van der Waals surface area contributed by atoms with Crippen molar-refractivity contribution in [2.75, 3.05) is 6.54 Å². The molecule has 1 fully saturated rings. The van der Waals surface area contributed by atoms with Gasteiger partial charge in [0.1, 0.15) is 11.3 Å². The number of aliphatic hydroxyl groups is 1. The number of aliphatic hydroxyl groups excluding tert-OH is 1. The lowest BCUT2D eigenvalue weighted by molar-refractivity contribution is -0.125. The van der Waals surface area contributed by atoms with Crippen molar-refractivity contribution in [1.82, 2.24) is 4.90 Å². The first-order chi connectivity index (χ1) is 11.1. The number of likely N-dealkylation sites (tertiary alicyclic amines) is 1. The molecule has 2 aromatic carbocycles. The highest BCUT2D eigenvalue weighted by molar-refractivity contribution is 6.28. The Hall–Kier alpha value is -2.88. The van der Waals surface area contributed by atoms with Gasteiger partial charge in [-0.05, 0) is 18.1 Å². The molecule has 1 aliphatic rings. The van der Waals surface area contributed by atoms with Gasteiger partial charge in [0.15, 0.2) is 5.78 Å². The number of carbonyl (C=O) groups excluding carboxylic acids is 2. The van der Waals surface area contributed by atoms with E-state index in [0.717, 1.165) is 11.1 Å². The van der Waals surface area contributed by atoms with Crippen LogP contribution in [-0.2, 0) is 16.1 Å². The normalized spacial score (nSPS) is 16.8. The van der Waals surface area contributed by atoms with Gasteiger partial charge in [-0.15, -0.1) is 0 Å². The number of ketones is 1. The fourth-order valence-corrected chi connectivity index (χ4v) is 2.74. The Morgan fingerprint density at radius 2 is 1.70 bits per heavy atom. The van der Waals surface area contributed by atoms with Crippen LogP contribution in [0.2, 0.25) is 0 Å². The smallest absolute Gasteiger partial charge is 0.262 e. The Balaban J connectivity index is 1.92. The van der Waals surface area contributed by atoms with E-state index in [9.17, 15) is 14.7 Å². The molecule has 0 unspecified atom stereocenters. The zero-order valence-corrected chi connectivity index (χ0v) is 12.8. The van der Waals surface area contributed by atoms with Crippen LogP contribution in [0.1, 0.15) is 16.7 Å². The standard InChI is InChI=1S/C19H17NO3/c1-13-7-5-6-10-15(13)18(22)17-16(21)12-20(19(17)23)11-14-8-3-2-4-9-14/h2-10,22H,11-12H2,1H3/b18-17+. The molecule has 0 aliphatic carbocycles. The van der Waals surface area contributed by atoms with Gasteiger partial charge in [0.2, 0.25) is 0 Å². The lowest BCUT2D eigenvalue weighted by atomic mass is 10.0. The van der Waals surface area contributed by atoms with Crippen molar-refractivity contribution in [2.24, 2.45) is 0 Å². The van der Waals surface area contributed by atoms with Gasteiger partial charge in [-0.1, -0.05) is 54.6 Å². The molecule has 0 aromatic heterocycles. The minimum atomic E-state index is -0.417. The van der Waals surface area contributed by atoms with Crippen molar-refractivity contribution < 1.29 is 14.7 Å². The molecule has 1 heterocycles. The maximum absolute atomic E-state index is 12.5. The third-order valence-corrected chi connectivity index (χ3v) is 3.97. The van der Waals surface area contributed by atoms with Crippen molar-refractivity contribution in [1.29, 1.82) is 0 Å². The number of rotatable bonds is 3. The minimum absolute atomic E-state index is 0.000990. The van der Waals surface area contributed by atoms with E-state index in [1.54, 1.807) is 12.1 Å². The average Bonchev–Trinajstić information content (AvgIpc) is 2.82. The highest BCUT2D eigenvalue weighted by Crippen LogP contribution is 2.26. The van der Waals surface area contributed by atoms with Crippen LogP contribution in [0.25, 0.3) is 5.76 Å². The van der Waals surface area contributed by atoms with E-state index < -0.39 is 5.91 Å². The summed E-state index contributed by atoms with van der Waals surface area (Å²) in [6.45, 7) is 2.19. The van der Waals surface area contributed by atoms with Crippen molar-refractivity contribution in [3.05, 3.63) is 76.9 Å². The fourth-order valence-electron chi connectivity index (χ4n) is 2.74. The first kappa shape index (κ1) is 15.0. The Morgan fingerprint density at radius 3 is 2.39 bits per heavy atom. The summed E-state index contributed by atoms with van der Waals surface area (Å²) in [5.41, 5.74) is 2.17. The third-order valence-electron chi connectivity index (χ3n) is 3.97. The number of aryl methyl sites for hydroxylation is 1. The van der Waals surface area contributed by atoms with Crippen molar-refractivity contribution in [3.63, 3.8) is 0 Å². The van der Waals surface area contributed by atoms with E-state index in [-0.39, 0.29) is 23.7 Å². The summed E-state index contributed by atoms with van der Waals surface area (Å²) in [5.74, 6) is -0.986. The van der Waals surface area contributed by atoms with E-state index in [1.807, 2.05) is 49.4 Å². The second kappa shape index (κ2) is 6.08. The number of nitrogens with zero attached hydrogens (tertiary/aromatic N) is 1. The second-order valence-electron chi connectivity index (χ2n) is 5.61. The summed E-state index contributed by atoms with van der Waals surface area (Å²) < 4.78 is 0. The predicted molar refractivity (Wildman–Crippen MR) is 87.6 cm³/mol. The molecule has 4 nitrogen and oxygen atoms in total. The Bertz CT molecular complexity index is 793. The number of carbonyl (C=O) groups is 2. The summed E-state index contributed by atoms with van der Waals surface area (Å²) in [5, 5.41) is 10.4. The van der Waals surface area contributed by atoms with Crippen LogP contribution in [0.4, 0.5) is 0 Å². The van der Waals surface area contributed by atoms with Crippen molar-refractivity contribution in [3.8, 4) is 0 Å². The lowest BCUT2D eigenvalue weighted by Crippen LogP contribution is -2.25. The fraction of sp³-hybridized carbons (Fsp3) is 0.158. The van der Waals surface area contributed by atoms with Crippen molar-refractivity contribution in [2.45, 2.75) is 13.5 Å². The van der Waals surface area contributed by atoms with E-state index in [2.05, 4.69) is 0 Å². The molecular weight excluding hydrogens is 290 g/mol. The van der Waals surface area contributed by atoms with Crippen LogP contribution in [-0.4, -0.2) is 28.2 Å². The molecule has 1 saturated heterocycles. The number of benzene rings is 2. The molecule has 23 heavy (non-hydrogen) atoms. The summed E-state index contributed by atoms with van der Waals surface area (Å²) in [7, 11) is 0. The summed E-state index contributed by atoms with van der Waals surface area (Å²) in [4.78, 5) is 26.2. The molecule has 116 valence electrons. The topological polar surface area (TPSA) is 57.6 Å². The number of hydrogen-bond donors (Lipinski definition) is 1. The highest BCUT2D eigenvalue weighted by Gasteiger charge is 2.36. The number of hydrogen-bond acceptors (Lipinski definition) is 3. The van der Waals surface area contributed by atoms with E-state index in [4.69, 9.17) is 0 Å². The lowest BCUT2D eigenvalue weighted by Gasteiger charge is -2.14. The Labute approximate surface area is 134 Å². The largest absolute Gasteiger partial charge is 0.506 e. The molecule has 4 heteroatoms. The first-order valence-electron chi connectivity index (χ1n) is 7.43. The quantitative estimate of drug-likeness (QED) is 0.539. The molecular formula is C19H17NO3. The van der Waals surface area contributed by atoms with Crippen LogP contribution in [0.3, 0.4) is 0 Å². The van der Waals surface area contributed by atoms with Gasteiger partial charge < -0.3 is 10.0 Å². The molecule has 0 radical (unpaired) electrons.